The van der Waals surface area contributed by atoms with Gasteiger partial charge >= 0.3 is 0 Å². The number of hydrogen-bond acceptors (Lipinski definition) is 6. The molecule has 1 atom stereocenters. The molecular weight excluding hydrogens is 378 g/mol. The molecule has 3 aromatic heterocycles. The highest BCUT2D eigenvalue weighted by Crippen LogP contribution is 2.32. The first-order chi connectivity index (χ1) is 14.7. The van der Waals surface area contributed by atoms with Gasteiger partial charge in [0.1, 0.15) is 28.7 Å². The Morgan fingerprint density at radius 3 is 2.73 bits per heavy atom. The lowest BCUT2D eigenvalue weighted by atomic mass is 10.1. The molecule has 30 heavy (non-hydrogen) atoms. The summed E-state index contributed by atoms with van der Waals surface area (Å²) in [6.07, 6.45) is 6.28. The quantitative estimate of drug-likeness (QED) is 0.487. The Morgan fingerprint density at radius 2 is 2.00 bits per heavy atom. The third-order valence-corrected chi connectivity index (χ3v) is 5.36. The fourth-order valence-corrected chi connectivity index (χ4v) is 3.86. The summed E-state index contributed by atoms with van der Waals surface area (Å²) in [5, 5.41) is 6.18. The van der Waals surface area contributed by atoms with E-state index in [9.17, 15) is 4.79 Å². The second-order valence-corrected chi connectivity index (χ2v) is 7.29. The predicted molar refractivity (Wildman–Crippen MR) is 115 cm³/mol. The van der Waals surface area contributed by atoms with Gasteiger partial charge in [-0.3, -0.25) is 9.20 Å². The van der Waals surface area contributed by atoms with E-state index in [0.717, 1.165) is 42.1 Å². The first kappa shape index (κ1) is 18.3. The molecule has 1 fully saturated rings. The Bertz CT molecular complexity index is 1200. The number of nitrogens with one attached hydrogen (secondary N) is 2. The number of nitrogens with two attached hydrogens (primary N) is 1. The molecule has 1 amide bonds. The number of pyridine rings is 1. The number of nitrogens with zero attached hydrogens (tertiary/aromatic N) is 4. The van der Waals surface area contributed by atoms with Gasteiger partial charge in [0.05, 0.1) is 0 Å². The number of carbonyl (C=O) groups is 1. The van der Waals surface area contributed by atoms with Crippen molar-refractivity contribution in [1.29, 1.82) is 0 Å². The van der Waals surface area contributed by atoms with Crippen LogP contribution in [0.5, 0.6) is 0 Å². The molecule has 5 rings (SSSR count). The van der Waals surface area contributed by atoms with E-state index in [4.69, 9.17) is 10.7 Å². The van der Waals surface area contributed by atoms with Crippen molar-refractivity contribution >= 4 is 23.1 Å². The Labute approximate surface area is 173 Å². The van der Waals surface area contributed by atoms with Crippen LogP contribution in [0, 0.1) is 0 Å². The Kier molecular flexibility index (Phi) is 4.61. The van der Waals surface area contributed by atoms with Gasteiger partial charge in [-0.15, -0.1) is 0 Å². The zero-order valence-electron chi connectivity index (χ0n) is 16.2. The van der Waals surface area contributed by atoms with Crippen molar-refractivity contribution in [2.24, 2.45) is 0 Å². The van der Waals surface area contributed by atoms with Crippen LogP contribution in [0.15, 0.2) is 61.1 Å². The van der Waals surface area contributed by atoms with Gasteiger partial charge in [-0.05, 0) is 37.2 Å². The summed E-state index contributed by atoms with van der Waals surface area (Å²) in [4.78, 5) is 25.8. The number of carbonyl (C=O) groups excluding carboxylic acids is 1. The highest BCUT2D eigenvalue weighted by molar-refractivity contribution is 6.04. The predicted octanol–water partition coefficient (Wildman–Crippen LogP) is 2.70. The first-order valence-electron chi connectivity index (χ1n) is 9.86. The van der Waals surface area contributed by atoms with Crippen molar-refractivity contribution in [2.45, 2.75) is 12.3 Å². The molecular formula is C22H21N7O. The Morgan fingerprint density at radius 1 is 1.13 bits per heavy atom. The first-order valence-corrected chi connectivity index (χ1v) is 9.86. The maximum absolute atomic E-state index is 12.5. The standard InChI is InChI=1S/C22H21N7O/c23-20-19-18(28-21(16-8-10-24-13-16)29(19)12-11-26-20)14-4-6-15(7-5-14)22(30)27-17-3-1-2-9-25-17/h1-7,9,11-12,16,24H,8,10,13H2,(H2,23,26)(H,25,27,30)/t16-/m1/s1. The van der Waals surface area contributed by atoms with Gasteiger partial charge in [0.15, 0.2) is 0 Å². The van der Waals surface area contributed by atoms with E-state index in [1.54, 1.807) is 36.7 Å². The summed E-state index contributed by atoms with van der Waals surface area (Å²) in [6.45, 7) is 1.88. The number of amides is 1. The molecule has 8 nitrogen and oxygen atoms in total. The van der Waals surface area contributed by atoms with E-state index < -0.39 is 0 Å². The van der Waals surface area contributed by atoms with Gasteiger partial charge in [0.25, 0.3) is 5.91 Å². The summed E-state index contributed by atoms with van der Waals surface area (Å²) in [5.41, 5.74) is 9.21. The van der Waals surface area contributed by atoms with E-state index >= 15 is 0 Å². The number of rotatable bonds is 4. The third kappa shape index (κ3) is 3.27. The summed E-state index contributed by atoms with van der Waals surface area (Å²) < 4.78 is 2.04. The number of nitrogen functional groups attached to an aromatic ring is 1. The van der Waals surface area contributed by atoms with Crippen LogP contribution in [0.4, 0.5) is 11.6 Å². The van der Waals surface area contributed by atoms with Crippen molar-refractivity contribution in [3.8, 4) is 11.3 Å². The monoisotopic (exact) mass is 399 g/mol. The van der Waals surface area contributed by atoms with E-state index in [1.807, 2.05) is 28.8 Å². The van der Waals surface area contributed by atoms with Crippen molar-refractivity contribution in [3.05, 3.63) is 72.4 Å². The van der Waals surface area contributed by atoms with Crippen LogP contribution in [0.3, 0.4) is 0 Å². The minimum absolute atomic E-state index is 0.214. The molecule has 8 heteroatoms. The number of imidazole rings is 1. The van der Waals surface area contributed by atoms with Crippen LogP contribution in [0.2, 0.25) is 0 Å². The lowest BCUT2D eigenvalue weighted by Gasteiger charge is -2.07. The fraction of sp³-hybridized carbons (Fsp3) is 0.182. The molecule has 4 N–H and O–H groups in total. The van der Waals surface area contributed by atoms with Gasteiger partial charge in [-0.1, -0.05) is 18.2 Å². The van der Waals surface area contributed by atoms with Crippen molar-refractivity contribution in [1.82, 2.24) is 24.7 Å². The van der Waals surface area contributed by atoms with E-state index in [2.05, 4.69) is 20.6 Å². The van der Waals surface area contributed by atoms with Gasteiger partial charge in [-0.25, -0.2) is 15.0 Å². The Hall–Kier alpha value is -3.78. The van der Waals surface area contributed by atoms with Crippen LogP contribution < -0.4 is 16.4 Å². The molecule has 1 aromatic carbocycles. The second-order valence-electron chi connectivity index (χ2n) is 7.29. The molecule has 0 radical (unpaired) electrons. The normalized spacial score (nSPS) is 16.1. The molecule has 0 bridgehead atoms. The second kappa shape index (κ2) is 7.57. The van der Waals surface area contributed by atoms with Crippen LogP contribution in [0.1, 0.15) is 28.5 Å². The largest absolute Gasteiger partial charge is 0.382 e. The van der Waals surface area contributed by atoms with E-state index in [1.165, 1.54) is 0 Å². The molecule has 4 aromatic rings. The van der Waals surface area contributed by atoms with Crippen LogP contribution >= 0.6 is 0 Å². The summed E-state index contributed by atoms with van der Waals surface area (Å²) in [6, 6.07) is 12.7. The zero-order chi connectivity index (χ0) is 20.5. The summed E-state index contributed by atoms with van der Waals surface area (Å²) in [7, 11) is 0. The highest BCUT2D eigenvalue weighted by Gasteiger charge is 2.25. The zero-order valence-corrected chi connectivity index (χ0v) is 16.2. The van der Waals surface area contributed by atoms with E-state index in [-0.39, 0.29) is 5.91 Å². The average molecular weight is 399 g/mol. The van der Waals surface area contributed by atoms with Crippen molar-refractivity contribution in [2.75, 3.05) is 24.1 Å². The SMILES string of the molecule is Nc1nccn2c([C@@H]3CCNC3)nc(-c3ccc(C(=O)Nc4ccccn4)cc3)c12. The van der Waals surface area contributed by atoms with Crippen LogP contribution in [0.25, 0.3) is 16.8 Å². The molecule has 1 aliphatic heterocycles. The Balaban J connectivity index is 1.49. The third-order valence-electron chi connectivity index (χ3n) is 5.36. The van der Waals surface area contributed by atoms with Gasteiger partial charge in [0, 0.05) is 42.2 Å². The van der Waals surface area contributed by atoms with Crippen LogP contribution in [-0.4, -0.2) is 38.3 Å². The number of aromatic nitrogens is 4. The maximum atomic E-state index is 12.5. The van der Waals surface area contributed by atoms with Gasteiger partial charge in [-0.2, -0.15) is 0 Å². The molecule has 0 spiro atoms. The minimum Gasteiger partial charge on any atom is -0.382 e. The molecule has 150 valence electrons. The number of anilines is 2. The number of benzene rings is 1. The minimum atomic E-state index is -0.214. The van der Waals surface area contributed by atoms with Crippen molar-refractivity contribution in [3.63, 3.8) is 0 Å². The lowest BCUT2D eigenvalue weighted by Crippen LogP contribution is -2.12. The smallest absolute Gasteiger partial charge is 0.256 e. The summed E-state index contributed by atoms with van der Waals surface area (Å²) in [5.74, 6) is 2.05. The highest BCUT2D eigenvalue weighted by atomic mass is 16.1. The van der Waals surface area contributed by atoms with Gasteiger partial charge < -0.3 is 16.4 Å². The molecule has 0 aliphatic carbocycles. The summed E-state index contributed by atoms with van der Waals surface area (Å²) >= 11 is 0. The molecule has 1 aliphatic rings. The number of hydrogen-bond donors (Lipinski definition) is 3. The molecule has 4 heterocycles. The lowest BCUT2D eigenvalue weighted by molar-refractivity contribution is 0.102. The number of fused-ring (bicyclic) bond motifs is 1. The van der Waals surface area contributed by atoms with E-state index in [0.29, 0.717) is 23.1 Å². The van der Waals surface area contributed by atoms with Gasteiger partial charge in [0.2, 0.25) is 0 Å². The molecule has 0 saturated carbocycles. The van der Waals surface area contributed by atoms with Crippen LogP contribution in [-0.2, 0) is 0 Å². The fourth-order valence-electron chi connectivity index (χ4n) is 3.86. The van der Waals surface area contributed by atoms with Crippen molar-refractivity contribution < 1.29 is 4.79 Å². The maximum Gasteiger partial charge on any atom is 0.256 e. The topological polar surface area (TPSA) is 110 Å². The molecule has 1 saturated heterocycles. The molecule has 0 unspecified atom stereocenters. The average Bonchev–Trinajstić information content (AvgIpc) is 3.43.